The molecular weight excluding hydrogens is 287 g/mol. The van der Waals surface area contributed by atoms with E-state index in [1.807, 2.05) is 0 Å². The monoisotopic (exact) mass is 300 g/mol. The Labute approximate surface area is 111 Å². The molecule has 0 aromatic heterocycles. The van der Waals surface area contributed by atoms with E-state index >= 15 is 0 Å². The van der Waals surface area contributed by atoms with Crippen molar-refractivity contribution in [1.29, 1.82) is 0 Å². The van der Waals surface area contributed by atoms with Gasteiger partial charge in [0.1, 0.15) is 10.6 Å². The van der Waals surface area contributed by atoms with E-state index in [9.17, 15) is 13.5 Å². The van der Waals surface area contributed by atoms with Crippen LogP contribution in [0.3, 0.4) is 0 Å². The lowest BCUT2D eigenvalue weighted by Gasteiger charge is -2.15. The summed E-state index contributed by atoms with van der Waals surface area (Å²) in [5, 5.41) is 15.1. The van der Waals surface area contributed by atoms with E-state index in [4.69, 9.17) is 22.5 Å². The average Bonchev–Trinajstić information content (AvgIpc) is 2.13. The van der Waals surface area contributed by atoms with Crippen molar-refractivity contribution in [3.05, 3.63) is 21.7 Å². The molecule has 8 heteroatoms. The second-order valence-electron chi connectivity index (χ2n) is 3.47. The molecule has 0 fully saturated rings. The van der Waals surface area contributed by atoms with Gasteiger partial charge in [-0.25, -0.2) is 13.6 Å². The van der Waals surface area contributed by atoms with Gasteiger partial charge in [-0.2, -0.15) is 0 Å². The first-order valence-corrected chi connectivity index (χ1v) is 6.37. The second-order valence-corrected chi connectivity index (χ2v) is 5.35. The van der Waals surface area contributed by atoms with Crippen molar-refractivity contribution in [2.75, 3.05) is 0 Å². The largest absolute Gasteiger partial charge is 0.506 e. The summed E-state index contributed by atoms with van der Waals surface area (Å²) in [5.74, 6) is -0.413. The van der Waals surface area contributed by atoms with Gasteiger partial charge in [0.15, 0.2) is 0 Å². The van der Waals surface area contributed by atoms with Crippen LogP contribution < -0.4 is 10.9 Å². The zero-order valence-electron chi connectivity index (χ0n) is 9.32. The fraction of sp³-hybridized carbons (Fsp3) is 0.333. The first kappa shape index (κ1) is 16.5. The minimum absolute atomic E-state index is 0. The van der Waals surface area contributed by atoms with Gasteiger partial charge in [0.25, 0.3) is 0 Å². The minimum atomic E-state index is -4.03. The third-order valence-electron chi connectivity index (χ3n) is 2.44. The van der Waals surface area contributed by atoms with Gasteiger partial charge in [0.2, 0.25) is 10.0 Å². The molecule has 0 aliphatic carbocycles. The van der Waals surface area contributed by atoms with Crippen LogP contribution in [0.4, 0.5) is 0 Å². The number of sulfonamides is 1. The minimum Gasteiger partial charge on any atom is -0.506 e. The summed E-state index contributed by atoms with van der Waals surface area (Å²) in [6.45, 7) is 3.12. The Morgan fingerprint density at radius 2 is 1.76 bits per heavy atom. The predicted molar refractivity (Wildman–Crippen MR) is 69.1 cm³/mol. The molecule has 17 heavy (non-hydrogen) atoms. The van der Waals surface area contributed by atoms with Crippen LogP contribution in [0.5, 0.6) is 5.75 Å². The lowest BCUT2D eigenvalue weighted by molar-refractivity contribution is 0.450. The van der Waals surface area contributed by atoms with E-state index in [0.29, 0.717) is 11.1 Å². The Bertz CT molecular complexity index is 544. The third-order valence-corrected chi connectivity index (χ3v) is 4.08. The standard InChI is InChI=1S/C9H13ClN2O3S.ClH/c1-4-6(3-11)8(13)9(16(12,14)15)5(2)7(4)10;/h13H,3,11H2,1-2H3,(H2,12,14,15);1H. The highest BCUT2D eigenvalue weighted by atomic mass is 35.5. The van der Waals surface area contributed by atoms with Crippen LogP contribution in [0.2, 0.25) is 5.02 Å². The van der Waals surface area contributed by atoms with E-state index in [1.54, 1.807) is 6.92 Å². The normalized spacial score (nSPS) is 11.1. The zero-order valence-corrected chi connectivity index (χ0v) is 11.7. The highest BCUT2D eigenvalue weighted by molar-refractivity contribution is 7.89. The molecule has 0 radical (unpaired) electrons. The molecule has 0 bridgehead atoms. The maximum atomic E-state index is 11.3. The van der Waals surface area contributed by atoms with Gasteiger partial charge in [-0.3, -0.25) is 0 Å². The molecule has 0 saturated heterocycles. The van der Waals surface area contributed by atoms with Gasteiger partial charge in [-0.05, 0) is 25.0 Å². The molecule has 0 aliphatic heterocycles. The summed E-state index contributed by atoms with van der Waals surface area (Å²) in [6, 6.07) is 0. The van der Waals surface area contributed by atoms with Crippen LogP contribution in [0.25, 0.3) is 0 Å². The second kappa shape index (κ2) is 5.41. The number of hydrogen-bond donors (Lipinski definition) is 3. The molecule has 5 N–H and O–H groups in total. The molecule has 1 aromatic carbocycles. The van der Waals surface area contributed by atoms with E-state index in [0.717, 1.165) is 0 Å². The molecule has 0 saturated carbocycles. The number of halogens is 2. The van der Waals surface area contributed by atoms with Crippen LogP contribution in [-0.2, 0) is 16.6 Å². The number of aromatic hydroxyl groups is 1. The lowest BCUT2D eigenvalue weighted by Crippen LogP contribution is -2.16. The summed E-state index contributed by atoms with van der Waals surface area (Å²) in [5.41, 5.74) is 6.51. The highest BCUT2D eigenvalue weighted by Gasteiger charge is 2.24. The summed E-state index contributed by atoms with van der Waals surface area (Å²) >= 11 is 5.96. The molecule has 0 spiro atoms. The summed E-state index contributed by atoms with van der Waals surface area (Å²) in [4.78, 5) is -0.358. The lowest BCUT2D eigenvalue weighted by atomic mass is 10.0. The Balaban J connectivity index is 0.00000256. The van der Waals surface area contributed by atoms with Crippen LogP contribution >= 0.6 is 24.0 Å². The Morgan fingerprint density at radius 1 is 1.29 bits per heavy atom. The predicted octanol–water partition coefficient (Wildman–Crippen LogP) is 1.19. The van der Waals surface area contributed by atoms with Crippen molar-refractivity contribution < 1.29 is 13.5 Å². The number of nitrogens with two attached hydrogens (primary N) is 2. The SMILES string of the molecule is Cc1c(Cl)c(C)c(S(N)(=O)=O)c(O)c1CN.Cl. The van der Waals surface area contributed by atoms with E-state index in [2.05, 4.69) is 0 Å². The molecule has 0 aliphatic rings. The van der Waals surface area contributed by atoms with Crippen molar-refractivity contribution in [3.63, 3.8) is 0 Å². The fourth-order valence-electron chi connectivity index (χ4n) is 1.60. The fourth-order valence-corrected chi connectivity index (χ4v) is 2.79. The molecule has 1 rings (SSSR count). The number of benzene rings is 1. The van der Waals surface area contributed by atoms with Gasteiger partial charge in [-0.15, -0.1) is 12.4 Å². The zero-order chi connectivity index (χ0) is 12.7. The molecule has 0 amide bonds. The maximum absolute atomic E-state index is 11.3. The van der Waals surface area contributed by atoms with E-state index in [1.165, 1.54) is 6.92 Å². The van der Waals surface area contributed by atoms with Crippen molar-refractivity contribution in [2.45, 2.75) is 25.3 Å². The first-order valence-electron chi connectivity index (χ1n) is 4.45. The Kier molecular flexibility index (Phi) is 5.24. The average molecular weight is 301 g/mol. The van der Waals surface area contributed by atoms with Gasteiger partial charge < -0.3 is 10.8 Å². The molecule has 0 unspecified atom stereocenters. The Hall–Kier alpha value is -0.530. The molecular formula is C9H14Cl2N2O3S. The van der Waals surface area contributed by atoms with Crippen molar-refractivity contribution in [3.8, 4) is 5.75 Å². The number of primary sulfonamides is 1. The smallest absolute Gasteiger partial charge is 0.242 e. The van der Waals surface area contributed by atoms with E-state index < -0.39 is 15.8 Å². The number of rotatable bonds is 2. The van der Waals surface area contributed by atoms with Gasteiger partial charge in [-0.1, -0.05) is 11.6 Å². The topological polar surface area (TPSA) is 106 Å². The molecule has 0 heterocycles. The first-order chi connectivity index (χ1) is 7.21. The van der Waals surface area contributed by atoms with Crippen LogP contribution in [0.1, 0.15) is 16.7 Å². The maximum Gasteiger partial charge on any atom is 0.242 e. The van der Waals surface area contributed by atoms with Crippen LogP contribution in [0.15, 0.2) is 4.90 Å². The van der Waals surface area contributed by atoms with Crippen LogP contribution in [0, 0.1) is 13.8 Å². The third kappa shape index (κ3) is 2.83. The van der Waals surface area contributed by atoms with Crippen molar-refractivity contribution >= 4 is 34.0 Å². The van der Waals surface area contributed by atoms with Gasteiger partial charge >= 0.3 is 0 Å². The number of hydrogen-bond acceptors (Lipinski definition) is 4. The quantitative estimate of drug-likeness (QED) is 0.762. The van der Waals surface area contributed by atoms with Gasteiger partial charge in [0.05, 0.1) is 0 Å². The number of phenolic OH excluding ortho intramolecular Hbond substituents is 1. The molecule has 0 atom stereocenters. The molecule has 1 aromatic rings. The van der Waals surface area contributed by atoms with E-state index in [-0.39, 0.29) is 34.4 Å². The van der Waals surface area contributed by atoms with Crippen molar-refractivity contribution in [1.82, 2.24) is 0 Å². The summed E-state index contributed by atoms with van der Waals surface area (Å²) in [7, 11) is -4.03. The van der Waals surface area contributed by atoms with Gasteiger partial charge in [0, 0.05) is 17.1 Å². The van der Waals surface area contributed by atoms with Crippen LogP contribution in [-0.4, -0.2) is 13.5 Å². The summed E-state index contributed by atoms with van der Waals surface area (Å²) < 4.78 is 22.6. The summed E-state index contributed by atoms with van der Waals surface area (Å²) in [6.07, 6.45) is 0. The molecule has 5 nitrogen and oxygen atoms in total. The molecule has 98 valence electrons. The highest BCUT2D eigenvalue weighted by Crippen LogP contribution is 2.37. The number of phenols is 1. The van der Waals surface area contributed by atoms with Crippen molar-refractivity contribution in [2.24, 2.45) is 10.9 Å². The Morgan fingerprint density at radius 3 is 2.12 bits per heavy atom.